The van der Waals surface area contributed by atoms with Crippen molar-refractivity contribution in [2.24, 2.45) is 0 Å². The number of morpholine rings is 1. The number of hydrogen-bond acceptors (Lipinski definition) is 4. The van der Waals surface area contributed by atoms with Crippen LogP contribution >= 0.6 is 0 Å². The van der Waals surface area contributed by atoms with Gasteiger partial charge in [0.25, 0.3) is 0 Å². The summed E-state index contributed by atoms with van der Waals surface area (Å²) in [5.41, 5.74) is 0.997. The molecule has 25 heavy (non-hydrogen) atoms. The minimum Gasteiger partial charge on any atom is -0.497 e. The quantitative estimate of drug-likeness (QED) is 0.756. The van der Waals surface area contributed by atoms with Crippen LogP contribution in [0.2, 0.25) is 0 Å². The van der Waals surface area contributed by atoms with E-state index in [0.717, 1.165) is 18.7 Å². The van der Waals surface area contributed by atoms with Crippen molar-refractivity contribution in [1.82, 2.24) is 4.90 Å². The minimum absolute atomic E-state index is 0.0999. The van der Waals surface area contributed by atoms with Crippen molar-refractivity contribution in [2.75, 3.05) is 40.0 Å². The number of rotatable bonds is 6. The molecule has 0 saturated carbocycles. The van der Waals surface area contributed by atoms with Crippen LogP contribution in [0.1, 0.15) is 21.8 Å². The van der Waals surface area contributed by atoms with Crippen molar-refractivity contribution in [3.05, 3.63) is 65.5 Å². The molecule has 0 N–H and O–H groups in total. The summed E-state index contributed by atoms with van der Waals surface area (Å²) >= 11 is 0. The third kappa shape index (κ3) is 4.24. The molecular weight excluding hydrogens is 321 g/mol. The van der Waals surface area contributed by atoms with Gasteiger partial charge in [0.1, 0.15) is 11.6 Å². The maximum Gasteiger partial charge on any atom is 0.174 e. The molecule has 2 aromatic carbocycles. The molecule has 1 fully saturated rings. The van der Waals surface area contributed by atoms with Crippen molar-refractivity contribution >= 4 is 5.78 Å². The molecule has 5 heteroatoms. The van der Waals surface area contributed by atoms with Crippen LogP contribution in [0.15, 0.2) is 48.5 Å². The zero-order chi connectivity index (χ0) is 17.6. The summed E-state index contributed by atoms with van der Waals surface area (Å²) in [7, 11) is 1.47. The van der Waals surface area contributed by atoms with Gasteiger partial charge in [0.2, 0.25) is 0 Å². The highest BCUT2D eigenvalue weighted by molar-refractivity contribution is 6.01. The summed E-state index contributed by atoms with van der Waals surface area (Å²) < 4.78 is 24.8. The van der Waals surface area contributed by atoms with E-state index in [9.17, 15) is 9.18 Å². The molecule has 0 spiro atoms. The van der Waals surface area contributed by atoms with Crippen LogP contribution in [0.4, 0.5) is 4.39 Å². The number of carbonyl (C=O) groups is 1. The summed E-state index contributed by atoms with van der Waals surface area (Å²) in [6.07, 6.45) is 0. The normalized spacial score (nSPS) is 16.4. The second kappa shape index (κ2) is 8.23. The van der Waals surface area contributed by atoms with Crippen LogP contribution in [-0.4, -0.2) is 50.6 Å². The molecule has 1 saturated heterocycles. The summed E-state index contributed by atoms with van der Waals surface area (Å²) in [6.45, 7) is 3.43. The summed E-state index contributed by atoms with van der Waals surface area (Å²) in [6, 6.07) is 13.9. The van der Waals surface area contributed by atoms with Gasteiger partial charge in [-0.05, 0) is 17.7 Å². The van der Waals surface area contributed by atoms with Gasteiger partial charge in [-0.15, -0.1) is 0 Å². The molecule has 0 amide bonds. The largest absolute Gasteiger partial charge is 0.497 e. The van der Waals surface area contributed by atoms with Gasteiger partial charge in [-0.25, -0.2) is 4.39 Å². The molecular formula is C20H22FNO3. The first-order valence-electron chi connectivity index (χ1n) is 8.42. The fraction of sp³-hybridized carbons (Fsp3) is 0.350. The Bertz CT molecular complexity index is 714. The van der Waals surface area contributed by atoms with Crippen molar-refractivity contribution < 1.29 is 18.7 Å². The Kier molecular flexibility index (Phi) is 5.79. The van der Waals surface area contributed by atoms with Crippen molar-refractivity contribution in [1.29, 1.82) is 0 Å². The highest BCUT2D eigenvalue weighted by Gasteiger charge is 2.27. The fourth-order valence-electron chi connectivity index (χ4n) is 3.08. The summed E-state index contributed by atoms with van der Waals surface area (Å²) in [5.74, 6) is -0.772. The number of ketones is 1. The van der Waals surface area contributed by atoms with Gasteiger partial charge in [-0.2, -0.15) is 0 Å². The number of carbonyl (C=O) groups excluding carboxylic acids is 1. The zero-order valence-electron chi connectivity index (χ0n) is 14.3. The van der Waals surface area contributed by atoms with Crippen LogP contribution < -0.4 is 4.74 Å². The monoisotopic (exact) mass is 343 g/mol. The maximum absolute atomic E-state index is 14.4. The number of methoxy groups -OCH3 is 1. The molecule has 1 atom stereocenters. The number of nitrogens with zero attached hydrogens (tertiary/aromatic N) is 1. The highest BCUT2D eigenvalue weighted by Crippen LogP contribution is 2.26. The molecule has 1 aliphatic heterocycles. The zero-order valence-corrected chi connectivity index (χ0v) is 14.3. The standard InChI is InChI=1S/C20H22FNO3/c1-24-16-7-8-17(19(21)13-16)20(23)18(15-5-3-2-4-6-15)14-22-9-11-25-12-10-22/h2-8,13,18H,9-12,14H2,1H3. The molecule has 132 valence electrons. The minimum atomic E-state index is -0.549. The molecule has 3 rings (SSSR count). The van der Waals surface area contributed by atoms with Crippen LogP contribution in [0, 0.1) is 5.82 Å². The molecule has 2 aromatic rings. The van der Waals surface area contributed by atoms with E-state index < -0.39 is 11.7 Å². The van der Waals surface area contributed by atoms with Gasteiger partial charge in [-0.3, -0.25) is 9.69 Å². The first kappa shape index (κ1) is 17.6. The Labute approximate surface area is 147 Å². The second-order valence-electron chi connectivity index (χ2n) is 6.09. The van der Waals surface area contributed by atoms with E-state index in [1.165, 1.54) is 19.2 Å². The van der Waals surface area contributed by atoms with E-state index in [2.05, 4.69) is 4.90 Å². The number of Topliss-reactive ketones (excluding diaryl/α,β-unsaturated/α-hetero) is 1. The van der Waals surface area contributed by atoms with Gasteiger partial charge in [0.05, 0.1) is 31.8 Å². The summed E-state index contributed by atoms with van der Waals surface area (Å²) in [4.78, 5) is 15.3. The fourth-order valence-corrected chi connectivity index (χ4v) is 3.08. The molecule has 0 radical (unpaired) electrons. The van der Waals surface area contributed by atoms with E-state index >= 15 is 0 Å². The van der Waals surface area contributed by atoms with Gasteiger partial charge < -0.3 is 9.47 Å². The molecule has 0 aromatic heterocycles. The first-order valence-corrected chi connectivity index (χ1v) is 8.42. The predicted molar refractivity (Wildman–Crippen MR) is 93.7 cm³/mol. The lowest BCUT2D eigenvalue weighted by molar-refractivity contribution is 0.0344. The molecule has 1 unspecified atom stereocenters. The van der Waals surface area contributed by atoms with Gasteiger partial charge in [-0.1, -0.05) is 30.3 Å². The smallest absolute Gasteiger partial charge is 0.174 e. The first-order chi connectivity index (χ1) is 12.2. The van der Waals surface area contributed by atoms with E-state index in [-0.39, 0.29) is 11.3 Å². The van der Waals surface area contributed by atoms with Crippen molar-refractivity contribution in [3.63, 3.8) is 0 Å². The van der Waals surface area contributed by atoms with E-state index in [1.54, 1.807) is 6.07 Å². The predicted octanol–water partition coefficient (Wildman–Crippen LogP) is 3.13. The van der Waals surface area contributed by atoms with E-state index in [1.807, 2.05) is 30.3 Å². The Morgan fingerprint density at radius 1 is 1.20 bits per heavy atom. The average Bonchev–Trinajstić information content (AvgIpc) is 2.67. The van der Waals surface area contributed by atoms with Crippen molar-refractivity contribution in [3.8, 4) is 5.75 Å². The number of halogens is 1. The number of benzene rings is 2. The van der Waals surface area contributed by atoms with E-state index in [0.29, 0.717) is 25.5 Å². The molecule has 0 bridgehead atoms. The van der Waals surface area contributed by atoms with Gasteiger partial charge in [0, 0.05) is 25.7 Å². The highest BCUT2D eigenvalue weighted by atomic mass is 19.1. The Morgan fingerprint density at radius 2 is 1.92 bits per heavy atom. The lowest BCUT2D eigenvalue weighted by Gasteiger charge is -2.30. The molecule has 1 aliphatic rings. The molecule has 0 aliphatic carbocycles. The topological polar surface area (TPSA) is 38.8 Å². The summed E-state index contributed by atoms with van der Waals surface area (Å²) in [5, 5.41) is 0. The van der Waals surface area contributed by atoms with Crippen LogP contribution in [0.25, 0.3) is 0 Å². The van der Waals surface area contributed by atoms with Crippen LogP contribution in [0.3, 0.4) is 0 Å². The lowest BCUT2D eigenvalue weighted by Crippen LogP contribution is -2.40. The number of ether oxygens (including phenoxy) is 2. The average molecular weight is 343 g/mol. The maximum atomic E-state index is 14.4. The van der Waals surface area contributed by atoms with Crippen molar-refractivity contribution in [2.45, 2.75) is 5.92 Å². The molecule has 4 nitrogen and oxygen atoms in total. The Hall–Kier alpha value is -2.24. The van der Waals surface area contributed by atoms with E-state index in [4.69, 9.17) is 9.47 Å². The second-order valence-corrected chi connectivity index (χ2v) is 6.09. The third-order valence-electron chi connectivity index (χ3n) is 4.50. The molecule has 1 heterocycles. The number of hydrogen-bond donors (Lipinski definition) is 0. The van der Waals surface area contributed by atoms with Gasteiger partial charge >= 0.3 is 0 Å². The van der Waals surface area contributed by atoms with Crippen LogP contribution in [0.5, 0.6) is 5.75 Å². The third-order valence-corrected chi connectivity index (χ3v) is 4.50. The Balaban J connectivity index is 1.89. The lowest BCUT2D eigenvalue weighted by atomic mass is 9.89. The SMILES string of the molecule is COc1ccc(C(=O)C(CN2CCOCC2)c2ccccc2)c(F)c1. The van der Waals surface area contributed by atoms with Gasteiger partial charge in [0.15, 0.2) is 5.78 Å². The Morgan fingerprint density at radius 3 is 2.56 bits per heavy atom. The van der Waals surface area contributed by atoms with Crippen LogP contribution in [-0.2, 0) is 4.74 Å².